The van der Waals surface area contributed by atoms with Crippen LogP contribution in [-0.4, -0.2) is 117 Å². The van der Waals surface area contributed by atoms with Gasteiger partial charge in [-0.3, -0.25) is 38.6 Å². The molecule has 55 heavy (non-hydrogen) atoms. The number of anilines is 1. The van der Waals surface area contributed by atoms with Crippen LogP contribution in [0, 0.1) is 17.3 Å². The highest BCUT2D eigenvalue weighted by Crippen LogP contribution is 2.33. The first-order valence-corrected chi connectivity index (χ1v) is 18.2. The lowest BCUT2D eigenvalue weighted by atomic mass is 9.76. The predicted octanol–water partition coefficient (Wildman–Crippen LogP) is 2.89. The van der Waals surface area contributed by atoms with Crippen molar-refractivity contribution in [1.29, 1.82) is 0 Å². The lowest BCUT2D eigenvalue weighted by Crippen LogP contribution is -2.33. The zero-order chi connectivity index (χ0) is 40.8. The number of esters is 1. The SMILES string of the molecule is CC(C[C@@H](C)Cc1ccc(OC(=O)CCOCCOCCN2C(=O)C=CC2=O)c(NC(=O)CCOCCOCCN2C(=O)C=CC2=O)c1)C(C)(C)C.O=C=O. The van der Waals surface area contributed by atoms with Crippen LogP contribution < -0.4 is 10.1 Å². The quantitative estimate of drug-likeness (QED) is 0.0697. The fourth-order valence-corrected chi connectivity index (χ4v) is 5.30. The van der Waals surface area contributed by atoms with Crippen molar-refractivity contribution in [3.05, 3.63) is 48.1 Å². The smallest absolute Gasteiger partial charge is 0.373 e. The molecule has 2 aliphatic rings. The van der Waals surface area contributed by atoms with Crippen LogP contribution in [0.3, 0.4) is 0 Å². The van der Waals surface area contributed by atoms with Crippen LogP contribution in [0.15, 0.2) is 42.5 Å². The second-order valence-corrected chi connectivity index (χ2v) is 14.0. The van der Waals surface area contributed by atoms with Crippen LogP contribution >= 0.6 is 0 Å². The lowest BCUT2D eigenvalue weighted by molar-refractivity contribution is -0.191. The maximum absolute atomic E-state index is 12.9. The van der Waals surface area contributed by atoms with Crippen molar-refractivity contribution in [1.82, 2.24) is 9.80 Å². The monoisotopic (exact) mass is 771 g/mol. The van der Waals surface area contributed by atoms with Crippen LogP contribution in [-0.2, 0) is 63.7 Å². The van der Waals surface area contributed by atoms with E-state index >= 15 is 0 Å². The molecule has 1 unspecified atom stereocenters. The molecule has 3 rings (SSSR count). The minimum absolute atomic E-state index is 0.0310. The third-order valence-corrected chi connectivity index (χ3v) is 8.75. The summed E-state index contributed by atoms with van der Waals surface area (Å²) in [6.07, 6.45) is 6.97. The van der Waals surface area contributed by atoms with Crippen molar-refractivity contribution in [3.63, 3.8) is 0 Å². The molecule has 16 heteroatoms. The van der Waals surface area contributed by atoms with Gasteiger partial charge in [-0.2, -0.15) is 9.59 Å². The van der Waals surface area contributed by atoms with Gasteiger partial charge in [-0.25, -0.2) is 0 Å². The van der Waals surface area contributed by atoms with Gasteiger partial charge in [-0.1, -0.05) is 40.7 Å². The van der Waals surface area contributed by atoms with Crippen LogP contribution in [0.5, 0.6) is 5.75 Å². The van der Waals surface area contributed by atoms with Crippen molar-refractivity contribution >= 4 is 47.3 Å². The molecule has 0 saturated heterocycles. The van der Waals surface area contributed by atoms with Gasteiger partial charge < -0.3 is 29.0 Å². The topological polar surface area (TPSA) is 201 Å². The lowest BCUT2D eigenvalue weighted by Gasteiger charge is -2.29. The summed E-state index contributed by atoms with van der Waals surface area (Å²) < 4.78 is 27.5. The fraction of sp³-hybridized carbons (Fsp3) is 0.564. The molecule has 1 N–H and O–H groups in total. The average Bonchev–Trinajstić information content (AvgIpc) is 3.61. The van der Waals surface area contributed by atoms with Crippen LogP contribution in [0.4, 0.5) is 5.69 Å². The van der Waals surface area contributed by atoms with Crippen LogP contribution in [0.25, 0.3) is 0 Å². The number of imide groups is 2. The minimum Gasteiger partial charge on any atom is -0.424 e. The number of rotatable bonds is 24. The molecule has 0 radical (unpaired) electrons. The van der Waals surface area contributed by atoms with Gasteiger partial charge in [0.2, 0.25) is 5.91 Å². The second kappa shape index (κ2) is 24.5. The van der Waals surface area contributed by atoms with E-state index in [2.05, 4.69) is 39.9 Å². The third kappa shape index (κ3) is 17.9. The van der Waals surface area contributed by atoms with Gasteiger partial charge >= 0.3 is 12.1 Å². The van der Waals surface area contributed by atoms with E-state index in [1.54, 1.807) is 6.07 Å². The molecule has 5 amide bonds. The molecule has 0 aromatic heterocycles. The molecular formula is C39H53N3O13. The van der Waals surface area contributed by atoms with E-state index in [1.807, 2.05) is 12.1 Å². The number of amides is 5. The van der Waals surface area contributed by atoms with E-state index in [1.165, 1.54) is 24.3 Å². The number of benzene rings is 1. The van der Waals surface area contributed by atoms with Crippen molar-refractivity contribution in [2.45, 2.75) is 60.3 Å². The summed E-state index contributed by atoms with van der Waals surface area (Å²) in [5.74, 6) is -1.18. The van der Waals surface area contributed by atoms with Crippen molar-refractivity contribution < 1.29 is 62.0 Å². The Labute approximate surface area is 321 Å². The highest BCUT2D eigenvalue weighted by atomic mass is 16.5. The zero-order valence-electron chi connectivity index (χ0n) is 32.3. The third-order valence-electron chi connectivity index (χ3n) is 8.75. The Morgan fingerprint density at radius 1 is 0.709 bits per heavy atom. The summed E-state index contributed by atoms with van der Waals surface area (Å²) in [5.41, 5.74) is 1.58. The predicted molar refractivity (Wildman–Crippen MR) is 196 cm³/mol. The highest BCUT2D eigenvalue weighted by molar-refractivity contribution is 6.13. The molecule has 302 valence electrons. The molecule has 1 aromatic rings. The fourth-order valence-electron chi connectivity index (χ4n) is 5.30. The number of carbonyl (C=O) groups excluding carboxylic acids is 8. The number of hydrogen-bond donors (Lipinski definition) is 1. The van der Waals surface area contributed by atoms with Gasteiger partial charge in [0, 0.05) is 24.3 Å². The minimum atomic E-state index is -0.534. The first-order valence-electron chi connectivity index (χ1n) is 18.2. The Hall–Kier alpha value is -4.86. The molecular weight excluding hydrogens is 718 g/mol. The highest BCUT2D eigenvalue weighted by Gasteiger charge is 2.24. The zero-order valence-corrected chi connectivity index (χ0v) is 32.3. The molecule has 2 aliphatic heterocycles. The first-order chi connectivity index (χ1) is 26.2. The average molecular weight is 772 g/mol. The normalized spacial score (nSPS) is 14.9. The molecule has 16 nitrogen and oxygen atoms in total. The van der Waals surface area contributed by atoms with E-state index in [-0.39, 0.29) is 126 Å². The summed E-state index contributed by atoms with van der Waals surface area (Å²) in [7, 11) is 0. The Kier molecular flexibility index (Phi) is 20.6. The number of carbonyl (C=O) groups is 6. The maximum atomic E-state index is 12.9. The van der Waals surface area contributed by atoms with E-state index in [9.17, 15) is 28.8 Å². The van der Waals surface area contributed by atoms with Gasteiger partial charge in [0.25, 0.3) is 23.6 Å². The standard InChI is InChI=1S/C38H53N3O11.CO2/c1-27(24-28(2)38(3,4)5)25-29-6-7-31(52-37(47)13-17-49-21-23-51-19-15-41-35(45)10-11-36(41)46)30(26-29)39-32(42)12-16-48-20-22-50-18-14-40-33(43)8-9-34(40)44;2-1-3/h6-11,26-28H,12-25H2,1-5H3,(H,39,42);/t27-,28?;/m1./s1. The molecule has 2 atom stereocenters. The summed E-state index contributed by atoms with van der Waals surface area (Å²) >= 11 is 0. The van der Waals surface area contributed by atoms with Gasteiger partial charge in [0.05, 0.1) is 84.5 Å². The van der Waals surface area contributed by atoms with E-state index in [4.69, 9.17) is 33.3 Å². The Balaban J connectivity index is 0.00000337. The van der Waals surface area contributed by atoms with Gasteiger partial charge in [-0.15, -0.1) is 0 Å². The largest absolute Gasteiger partial charge is 0.424 e. The molecule has 0 saturated carbocycles. The number of nitrogens with one attached hydrogen (secondary N) is 1. The molecule has 0 spiro atoms. The first kappa shape index (κ1) is 46.3. The summed E-state index contributed by atoms with van der Waals surface area (Å²) in [5, 5.41) is 2.87. The second-order valence-electron chi connectivity index (χ2n) is 14.0. The Morgan fingerprint density at radius 3 is 1.64 bits per heavy atom. The van der Waals surface area contributed by atoms with Crippen LogP contribution in [0.2, 0.25) is 0 Å². The van der Waals surface area contributed by atoms with E-state index < -0.39 is 5.97 Å². The van der Waals surface area contributed by atoms with E-state index in [0.717, 1.165) is 28.2 Å². The summed E-state index contributed by atoms with van der Waals surface area (Å²) in [6.45, 7) is 12.9. The summed E-state index contributed by atoms with van der Waals surface area (Å²) in [4.78, 5) is 90.3. The van der Waals surface area contributed by atoms with Gasteiger partial charge in [0.15, 0.2) is 5.75 Å². The molecule has 0 aliphatic carbocycles. The molecule has 0 bridgehead atoms. The molecule has 1 aromatic carbocycles. The van der Waals surface area contributed by atoms with Crippen molar-refractivity contribution in [2.75, 3.05) is 71.3 Å². The van der Waals surface area contributed by atoms with E-state index in [0.29, 0.717) is 17.5 Å². The number of ether oxygens (including phenoxy) is 5. The summed E-state index contributed by atoms with van der Waals surface area (Å²) in [6, 6.07) is 5.43. The van der Waals surface area contributed by atoms with Crippen LogP contribution in [0.1, 0.15) is 59.4 Å². The van der Waals surface area contributed by atoms with Crippen molar-refractivity contribution in [2.24, 2.45) is 17.3 Å². The van der Waals surface area contributed by atoms with Crippen molar-refractivity contribution in [3.8, 4) is 5.75 Å². The Bertz CT molecular complexity index is 1520. The van der Waals surface area contributed by atoms with Gasteiger partial charge in [-0.05, 0) is 47.8 Å². The molecule has 0 fully saturated rings. The number of nitrogens with zero attached hydrogens (tertiary/aromatic N) is 2. The Morgan fingerprint density at radius 2 is 1.16 bits per heavy atom. The number of hydrogen-bond acceptors (Lipinski definition) is 13. The maximum Gasteiger partial charge on any atom is 0.373 e. The van der Waals surface area contributed by atoms with Gasteiger partial charge in [0.1, 0.15) is 0 Å². The molecule has 2 heterocycles.